The summed E-state index contributed by atoms with van der Waals surface area (Å²) in [7, 11) is 0. The van der Waals surface area contributed by atoms with Crippen LogP contribution in [0.15, 0.2) is 42.7 Å². The summed E-state index contributed by atoms with van der Waals surface area (Å²) in [4.78, 5) is 12.1. The second kappa shape index (κ2) is 7.31. The van der Waals surface area contributed by atoms with Gasteiger partial charge >= 0.3 is 0 Å². The first-order valence-electron chi connectivity index (χ1n) is 7.67. The molecule has 0 bridgehead atoms. The number of tetrazole rings is 1. The Kier molecular flexibility index (Phi) is 4.95. The third kappa shape index (κ3) is 3.95. The Labute approximate surface area is 150 Å². The number of hydrogen-bond donors (Lipinski definition) is 2. The molecule has 7 nitrogen and oxygen atoms in total. The Morgan fingerprint density at radius 2 is 2.08 bits per heavy atom. The zero-order valence-electron chi connectivity index (χ0n) is 13.8. The molecular formula is C17H17ClN6O. The minimum absolute atomic E-state index is 0.146. The molecule has 1 heterocycles. The summed E-state index contributed by atoms with van der Waals surface area (Å²) in [5.41, 5.74) is 4.27. The third-order valence-electron chi connectivity index (χ3n) is 3.79. The van der Waals surface area contributed by atoms with Gasteiger partial charge in [0.2, 0.25) is 5.91 Å². The zero-order chi connectivity index (χ0) is 17.8. The van der Waals surface area contributed by atoms with Crippen LogP contribution in [0.2, 0.25) is 5.02 Å². The number of nitrogens with one attached hydrogen (secondary N) is 2. The maximum atomic E-state index is 12.1. The van der Waals surface area contributed by atoms with Crippen molar-refractivity contribution in [1.29, 1.82) is 0 Å². The van der Waals surface area contributed by atoms with Crippen LogP contribution in [0.1, 0.15) is 11.1 Å². The number of anilines is 2. The van der Waals surface area contributed by atoms with Crippen LogP contribution in [0.25, 0.3) is 5.69 Å². The van der Waals surface area contributed by atoms with Crippen LogP contribution in [-0.2, 0) is 4.79 Å². The van der Waals surface area contributed by atoms with Crippen molar-refractivity contribution in [2.75, 3.05) is 17.2 Å². The number of carbonyl (C=O) groups excluding carboxylic acids is 1. The summed E-state index contributed by atoms with van der Waals surface area (Å²) in [6.07, 6.45) is 1.54. The van der Waals surface area contributed by atoms with Gasteiger partial charge in [0.1, 0.15) is 6.33 Å². The molecule has 0 atom stereocenters. The molecule has 0 aliphatic rings. The number of aryl methyl sites for hydroxylation is 1. The lowest BCUT2D eigenvalue weighted by molar-refractivity contribution is -0.114. The monoisotopic (exact) mass is 356 g/mol. The molecule has 0 spiro atoms. The first kappa shape index (κ1) is 16.9. The average Bonchev–Trinajstić information content (AvgIpc) is 3.11. The number of halogens is 1. The van der Waals surface area contributed by atoms with E-state index in [2.05, 4.69) is 26.2 Å². The van der Waals surface area contributed by atoms with Crippen LogP contribution in [0.5, 0.6) is 0 Å². The molecule has 3 aromatic rings. The molecule has 0 saturated heterocycles. The van der Waals surface area contributed by atoms with E-state index in [1.807, 2.05) is 38.1 Å². The Hall–Kier alpha value is -2.93. The number of amides is 1. The van der Waals surface area contributed by atoms with Crippen molar-refractivity contribution in [3.05, 3.63) is 58.9 Å². The summed E-state index contributed by atoms with van der Waals surface area (Å²) in [6, 6.07) is 11.1. The van der Waals surface area contributed by atoms with Crippen LogP contribution in [-0.4, -0.2) is 32.7 Å². The van der Waals surface area contributed by atoms with Gasteiger partial charge in [-0.05, 0) is 65.7 Å². The van der Waals surface area contributed by atoms with Crippen LogP contribution in [0, 0.1) is 13.8 Å². The van der Waals surface area contributed by atoms with E-state index < -0.39 is 0 Å². The van der Waals surface area contributed by atoms with Crippen molar-refractivity contribution in [2.24, 2.45) is 0 Å². The van der Waals surface area contributed by atoms with E-state index in [1.54, 1.807) is 16.8 Å². The van der Waals surface area contributed by atoms with E-state index in [9.17, 15) is 4.79 Å². The van der Waals surface area contributed by atoms with E-state index in [1.165, 1.54) is 6.33 Å². The van der Waals surface area contributed by atoms with Crippen molar-refractivity contribution in [3.63, 3.8) is 0 Å². The molecule has 128 valence electrons. The maximum absolute atomic E-state index is 12.1. The highest BCUT2D eigenvalue weighted by molar-refractivity contribution is 6.31. The standard InChI is InChI=1S/C17H17ClN6O/c1-11-8-13(6-7-16(11)24-10-20-22-23-24)19-9-17(25)21-15-5-3-4-14(18)12(15)2/h3-8,10,19H,9H2,1-2H3,(H,21,25). The molecule has 0 aliphatic heterocycles. The minimum Gasteiger partial charge on any atom is -0.376 e. The van der Waals surface area contributed by atoms with Crippen molar-refractivity contribution in [1.82, 2.24) is 20.2 Å². The van der Waals surface area contributed by atoms with Crippen LogP contribution < -0.4 is 10.6 Å². The predicted octanol–water partition coefficient (Wildman–Crippen LogP) is 2.98. The van der Waals surface area contributed by atoms with Gasteiger partial charge in [0.25, 0.3) is 0 Å². The Morgan fingerprint density at radius 1 is 1.24 bits per heavy atom. The molecule has 8 heteroatoms. The van der Waals surface area contributed by atoms with E-state index in [0.29, 0.717) is 10.7 Å². The number of aromatic nitrogens is 4. The van der Waals surface area contributed by atoms with Gasteiger partial charge in [-0.1, -0.05) is 17.7 Å². The summed E-state index contributed by atoms with van der Waals surface area (Å²) >= 11 is 6.06. The molecular weight excluding hydrogens is 340 g/mol. The fraction of sp³-hybridized carbons (Fsp3) is 0.176. The van der Waals surface area contributed by atoms with Gasteiger partial charge in [-0.25, -0.2) is 4.68 Å². The SMILES string of the molecule is Cc1cc(NCC(=O)Nc2cccc(Cl)c2C)ccc1-n1cnnn1. The summed E-state index contributed by atoms with van der Waals surface area (Å²) in [6.45, 7) is 3.97. The molecule has 0 fully saturated rings. The van der Waals surface area contributed by atoms with Gasteiger partial charge in [-0.2, -0.15) is 0 Å². The predicted molar refractivity (Wildman–Crippen MR) is 97.2 cm³/mol. The van der Waals surface area contributed by atoms with Gasteiger partial charge in [-0.3, -0.25) is 4.79 Å². The molecule has 1 amide bonds. The van der Waals surface area contributed by atoms with Gasteiger partial charge < -0.3 is 10.6 Å². The first-order chi connectivity index (χ1) is 12.0. The zero-order valence-corrected chi connectivity index (χ0v) is 14.6. The average molecular weight is 357 g/mol. The fourth-order valence-electron chi connectivity index (χ4n) is 2.41. The maximum Gasteiger partial charge on any atom is 0.243 e. The third-order valence-corrected chi connectivity index (χ3v) is 4.20. The fourth-order valence-corrected chi connectivity index (χ4v) is 2.59. The number of nitrogens with zero attached hydrogens (tertiary/aromatic N) is 4. The van der Waals surface area contributed by atoms with Gasteiger partial charge in [0.15, 0.2) is 0 Å². The minimum atomic E-state index is -0.146. The van der Waals surface area contributed by atoms with Crippen molar-refractivity contribution in [3.8, 4) is 5.69 Å². The Bertz CT molecular complexity index is 894. The largest absolute Gasteiger partial charge is 0.376 e. The summed E-state index contributed by atoms with van der Waals surface area (Å²) < 4.78 is 1.59. The molecule has 0 aliphatic carbocycles. The number of carbonyl (C=O) groups is 1. The Morgan fingerprint density at radius 3 is 2.80 bits per heavy atom. The summed E-state index contributed by atoms with van der Waals surface area (Å²) in [5, 5.41) is 17.7. The quantitative estimate of drug-likeness (QED) is 0.734. The molecule has 2 N–H and O–H groups in total. The molecule has 25 heavy (non-hydrogen) atoms. The highest BCUT2D eigenvalue weighted by Gasteiger charge is 2.08. The van der Waals surface area contributed by atoms with Crippen LogP contribution >= 0.6 is 11.6 Å². The molecule has 0 radical (unpaired) electrons. The van der Waals surface area contributed by atoms with Crippen molar-refractivity contribution < 1.29 is 4.79 Å². The number of benzene rings is 2. The normalized spacial score (nSPS) is 10.5. The molecule has 0 unspecified atom stereocenters. The lowest BCUT2D eigenvalue weighted by Gasteiger charge is -2.12. The Balaban J connectivity index is 1.62. The van der Waals surface area contributed by atoms with Crippen LogP contribution in [0.4, 0.5) is 11.4 Å². The smallest absolute Gasteiger partial charge is 0.243 e. The second-order valence-corrected chi connectivity index (χ2v) is 5.98. The van der Waals surface area contributed by atoms with E-state index in [4.69, 9.17) is 11.6 Å². The number of rotatable bonds is 5. The van der Waals surface area contributed by atoms with Crippen molar-refractivity contribution in [2.45, 2.75) is 13.8 Å². The van der Waals surface area contributed by atoms with Gasteiger partial charge in [0, 0.05) is 16.4 Å². The molecule has 3 rings (SSSR count). The first-order valence-corrected chi connectivity index (χ1v) is 8.05. The molecule has 1 aromatic heterocycles. The highest BCUT2D eigenvalue weighted by atomic mass is 35.5. The number of hydrogen-bond acceptors (Lipinski definition) is 5. The molecule has 0 saturated carbocycles. The topological polar surface area (TPSA) is 84.7 Å². The van der Waals surface area contributed by atoms with Gasteiger partial charge in [0.05, 0.1) is 12.2 Å². The van der Waals surface area contributed by atoms with Crippen molar-refractivity contribution >= 4 is 28.9 Å². The lowest BCUT2D eigenvalue weighted by Crippen LogP contribution is -2.22. The highest BCUT2D eigenvalue weighted by Crippen LogP contribution is 2.23. The van der Waals surface area contributed by atoms with E-state index >= 15 is 0 Å². The molecule has 2 aromatic carbocycles. The lowest BCUT2D eigenvalue weighted by atomic mass is 10.1. The van der Waals surface area contributed by atoms with E-state index in [0.717, 1.165) is 22.5 Å². The van der Waals surface area contributed by atoms with Gasteiger partial charge in [-0.15, -0.1) is 5.10 Å². The summed E-state index contributed by atoms with van der Waals surface area (Å²) in [5.74, 6) is -0.146. The second-order valence-electron chi connectivity index (χ2n) is 5.57. The van der Waals surface area contributed by atoms with Crippen LogP contribution in [0.3, 0.4) is 0 Å². The van der Waals surface area contributed by atoms with E-state index in [-0.39, 0.29) is 12.5 Å².